The summed E-state index contributed by atoms with van der Waals surface area (Å²) < 4.78 is 11.1. The van der Waals surface area contributed by atoms with Crippen molar-refractivity contribution in [1.82, 2.24) is 9.78 Å². The van der Waals surface area contributed by atoms with Crippen LogP contribution in [0.15, 0.2) is 48.5 Å². The molecule has 148 valence electrons. The third-order valence-electron chi connectivity index (χ3n) is 4.48. The second-order valence-electron chi connectivity index (χ2n) is 6.25. The standard InChI is InChI=1S/C20H19BN2O6/c1-12-11-13(9-10-15(12)21(26)27)17-16(19(24)28-2)18(20(25)29-3)23(22-17)14-7-5-4-6-8-14/h4-11,26-27H,1-3H3. The van der Waals surface area contributed by atoms with Crippen LogP contribution in [-0.4, -0.2) is 53.1 Å². The van der Waals surface area contributed by atoms with Gasteiger partial charge in [-0.05, 0) is 24.5 Å². The molecule has 8 nitrogen and oxygen atoms in total. The van der Waals surface area contributed by atoms with Crippen molar-refractivity contribution < 1.29 is 29.1 Å². The molecule has 0 unspecified atom stereocenters. The SMILES string of the molecule is COC(=O)c1c(-c2ccc(B(O)O)c(C)c2)nn(-c2ccccc2)c1C(=O)OC. The van der Waals surface area contributed by atoms with Crippen LogP contribution in [0.5, 0.6) is 0 Å². The first-order valence-corrected chi connectivity index (χ1v) is 8.71. The van der Waals surface area contributed by atoms with Gasteiger partial charge in [0.1, 0.15) is 11.3 Å². The van der Waals surface area contributed by atoms with Gasteiger partial charge in [-0.2, -0.15) is 5.10 Å². The molecule has 29 heavy (non-hydrogen) atoms. The summed E-state index contributed by atoms with van der Waals surface area (Å²) in [6, 6.07) is 13.6. The lowest BCUT2D eigenvalue weighted by Gasteiger charge is -2.08. The lowest BCUT2D eigenvalue weighted by atomic mass is 9.76. The quantitative estimate of drug-likeness (QED) is 0.493. The normalized spacial score (nSPS) is 10.5. The smallest absolute Gasteiger partial charge is 0.465 e. The van der Waals surface area contributed by atoms with Crippen LogP contribution in [0.2, 0.25) is 0 Å². The highest BCUT2D eigenvalue weighted by atomic mass is 16.5. The average molecular weight is 394 g/mol. The zero-order valence-corrected chi connectivity index (χ0v) is 16.1. The summed E-state index contributed by atoms with van der Waals surface area (Å²) in [5.74, 6) is -1.49. The lowest BCUT2D eigenvalue weighted by molar-refractivity contribution is 0.0549. The minimum atomic E-state index is -1.63. The molecule has 0 aliphatic carbocycles. The fourth-order valence-corrected chi connectivity index (χ4v) is 3.07. The molecule has 1 heterocycles. The van der Waals surface area contributed by atoms with Gasteiger partial charge in [-0.15, -0.1) is 0 Å². The maximum Gasteiger partial charge on any atom is 0.488 e. The molecular weight excluding hydrogens is 375 g/mol. The van der Waals surface area contributed by atoms with Gasteiger partial charge in [0.05, 0.1) is 19.9 Å². The van der Waals surface area contributed by atoms with Gasteiger partial charge in [-0.1, -0.05) is 42.0 Å². The maximum absolute atomic E-state index is 12.6. The zero-order chi connectivity index (χ0) is 21.1. The number of methoxy groups -OCH3 is 2. The van der Waals surface area contributed by atoms with Crippen LogP contribution >= 0.6 is 0 Å². The summed E-state index contributed by atoms with van der Waals surface area (Å²) in [7, 11) is 0.799. The number of ether oxygens (including phenoxy) is 2. The van der Waals surface area contributed by atoms with Crippen molar-refractivity contribution in [3.05, 3.63) is 65.4 Å². The molecule has 0 aliphatic rings. The Kier molecular flexibility index (Phi) is 5.81. The molecule has 0 aliphatic heterocycles. The fraction of sp³-hybridized carbons (Fsp3) is 0.150. The first-order chi connectivity index (χ1) is 13.9. The molecule has 0 saturated heterocycles. The predicted molar refractivity (Wildman–Crippen MR) is 106 cm³/mol. The monoisotopic (exact) mass is 394 g/mol. The van der Waals surface area contributed by atoms with Gasteiger partial charge < -0.3 is 19.5 Å². The van der Waals surface area contributed by atoms with E-state index in [0.29, 0.717) is 22.3 Å². The van der Waals surface area contributed by atoms with Crippen molar-refractivity contribution in [2.45, 2.75) is 6.92 Å². The number of carbonyl (C=O) groups is 2. The fourth-order valence-electron chi connectivity index (χ4n) is 3.07. The van der Waals surface area contributed by atoms with E-state index < -0.39 is 19.1 Å². The highest BCUT2D eigenvalue weighted by Gasteiger charge is 2.31. The van der Waals surface area contributed by atoms with Crippen LogP contribution in [0, 0.1) is 6.92 Å². The van der Waals surface area contributed by atoms with Gasteiger partial charge in [-0.25, -0.2) is 14.3 Å². The average Bonchev–Trinajstić information content (AvgIpc) is 3.13. The van der Waals surface area contributed by atoms with Gasteiger partial charge >= 0.3 is 19.1 Å². The number of hydrogen-bond acceptors (Lipinski definition) is 7. The number of hydrogen-bond donors (Lipinski definition) is 2. The molecule has 3 aromatic rings. The Morgan fingerprint density at radius 3 is 2.21 bits per heavy atom. The first kappa shape index (κ1) is 20.3. The number of para-hydroxylation sites is 1. The Labute approximate surface area is 167 Å². The van der Waals surface area contributed by atoms with Crippen molar-refractivity contribution in [2.24, 2.45) is 0 Å². The summed E-state index contributed by atoms with van der Waals surface area (Å²) in [6.45, 7) is 1.70. The summed E-state index contributed by atoms with van der Waals surface area (Å²) >= 11 is 0. The molecule has 0 atom stereocenters. The highest BCUT2D eigenvalue weighted by molar-refractivity contribution is 6.59. The molecular formula is C20H19BN2O6. The summed E-state index contributed by atoms with van der Waals surface area (Å²) in [6.07, 6.45) is 0. The van der Waals surface area contributed by atoms with E-state index in [-0.39, 0.29) is 17.0 Å². The zero-order valence-electron chi connectivity index (χ0n) is 16.1. The molecule has 2 N–H and O–H groups in total. The molecule has 1 aromatic heterocycles. The number of aryl methyl sites for hydroxylation is 1. The lowest BCUT2D eigenvalue weighted by Crippen LogP contribution is -2.31. The van der Waals surface area contributed by atoms with E-state index in [0.717, 1.165) is 0 Å². The molecule has 3 rings (SSSR count). The van der Waals surface area contributed by atoms with Crippen LogP contribution in [0.3, 0.4) is 0 Å². The summed E-state index contributed by atoms with van der Waals surface area (Å²) in [5, 5.41) is 23.4. The Bertz CT molecular complexity index is 1060. The third-order valence-corrected chi connectivity index (χ3v) is 4.48. The molecule has 0 spiro atoms. The topological polar surface area (TPSA) is 111 Å². The highest BCUT2D eigenvalue weighted by Crippen LogP contribution is 2.29. The van der Waals surface area contributed by atoms with E-state index >= 15 is 0 Å². The number of carbonyl (C=O) groups excluding carboxylic acids is 2. The van der Waals surface area contributed by atoms with Crippen molar-refractivity contribution in [3.8, 4) is 16.9 Å². The summed E-state index contributed by atoms with van der Waals surface area (Å²) in [5.41, 5.74) is 2.08. The van der Waals surface area contributed by atoms with Gasteiger partial charge in [0.25, 0.3) is 0 Å². The predicted octanol–water partition coefficient (Wildman–Crippen LogP) is 1.10. The van der Waals surface area contributed by atoms with Crippen molar-refractivity contribution >= 4 is 24.5 Å². The van der Waals surface area contributed by atoms with E-state index in [1.165, 1.54) is 25.0 Å². The van der Waals surface area contributed by atoms with Crippen LogP contribution in [-0.2, 0) is 9.47 Å². The second kappa shape index (κ2) is 8.30. The largest absolute Gasteiger partial charge is 0.488 e. The molecule has 0 bridgehead atoms. The number of aromatic nitrogens is 2. The molecule has 0 fully saturated rings. The van der Waals surface area contributed by atoms with Crippen LogP contribution in [0.1, 0.15) is 26.4 Å². The van der Waals surface area contributed by atoms with Crippen LogP contribution < -0.4 is 5.46 Å². The van der Waals surface area contributed by atoms with Gasteiger partial charge in [0.2, 0.25) is 0 Å². The molecule has 0 radical (unpaired) electrons. The number of esters is 2. The Morgan fingerprint density at radius 1 is 1.00 bits per heavy atom. The Morgan fingerprint density at radius 2 is 1.66 bits per heavy atom. The van der Waals surface area contributed by atoms with E-state index in [1.54, 1.807) is 43.3 Å². The maximum atomic E-state index is 12.6. The molecule has 0 amide bonds. The summed E-state index contributed by atoms with van der Waals surface area (Å²) in [4.78, 5) is 25.1. The van der Waals surface area contributed by atoms with Gasteiger partial charge in [0.15, 0.2) is 5.69 Å². The van der Waals surface area contributed by atoms with Crippen molar-refractivity contribution in [1.29, 1.82) is 0 Å². The van der Waals surface area contributed by atoms with Crippen LogP contribution in [0.25, 0.3) is 16.9 Å². The number of nitrogens with zero attached hydrogens (tertiary/aromatic N) is 2. The molecule has 2 aromatic carbocycles. The third kappa shape index (κ3) is 3.78. The minimum Gasteiger partial charge on any atom is -0.465 e. The Balaban J connectivity index is 2.32. The Hall–Kier alpha value is -3.43. The molecule has 0 saturated carbocycles. The van der Waals surface area contributed by atoms with Crippen molar-refractivity contribution in [2.75, 3.05) is 14.2 Å². The van der Waals surface area contributed by atoms with Crippen LogP contribution in [0.4, 0.5) is 0 Å². The van der Waals surface area contributed by atoms with Gasteiger partial charge in [-0.3, -0.25) is 0 Å². The molecule has 9 heteroatoms. The van der Waals surface area contributed by atoms with E-state index in [1.807, 2.05) is 6.07 Å². The van der Waals surface area contributed by atoms with E-state index in [4.69, 9.17) is 9.47 Å². The number of rotatable bonds is 5. The van der Waals surface area contributed by atoms with Crippen molar-refractivity contribution in [3.63, 3.8) is 0 Å². The van der Waals surface area contributed by atoms with Gasteiger partial charge in [0, 0.05) is 5.56 Å². The number of benzene rings is 2. The second-order valence-corrected chi connectivity index (χ2v) is 6.25. The van der Waals surface area contributed by atoms with E-state index in [2.05, 4.69) is 5.10 Å². The minimum absolute atomic E-state index is 0.0418. The van der Waals surface area contributed by atoms with E-state index in [9.17, 15) is 19.6 Å². The first-order valence-electron chi connectivity index (χ1n) is 8.71.